The van der Waals surface area contributed by atoms with Crippen LogP contribution in [-0.4, -0.2) is 50.4 Å². The van der Waals surface area contributed by atoms with Crippen molar-refractivity contribution >= 4 is 17.7 Å². The highest BCUT2D eigenvalue weighted by molar-refractivity contribution is 5.82. The number of carboxylic acids is 2. The molecule has 0 aromatic heterocycles. The maximum Gasteiger partial charge on any atom is 0.307 e. The molecule has 0 unspecified atom stereocenters. The van der Waals surface area contributed by atoms with Gasteiger partial charge in [-0.05, 0) is 31.1 Å². The van der Waals surface area contributed by atoms with Gasteiger partial charge in [-0.1, -0.05) is 12.2 Å². The quantitative estimate of drug-likeness (QED) is 0.439. The van der Waals surface area contributed by atoms with Crippen molar-refractivity contribution in [1.82, 2.24) is 0 Å². The van der Waals surface area contributed by atoms with Crippen LogP contribution in [0.1, 0.15) is 44.9 Å². The van der Waals surface area contributed by atoms with Crippen molar-refractivity contribution in [1.29, 1.82) is 0 Å². The van der Waals surface area contributed by atoms with Gasteiger partial charge in [-0.3, -0.25) is 14.4 Å². The summed E-state index contributed by atoms with van der Waals surface area (Å²) in [4.78, 5) is 32.5. The van der Waals surface area contributed by atoms with Crippen LogP contribution < -0.4 is 0 Å². The monoisotopic (exact) mass is 328 g/mol. The van der Waals surface area contributed by atoms with Crippen LogP contribution in [0.15, 0.2) is 12.2 Å². The number of carboxylic acid groups (broad SMARTS) is 2. The molecule has 0 spiro atoms. The van der Waals surface area contributed by atoms with E-state index in [1.807, 2.05) is 0 Å². The molecule has 1 aliphatic carbocycles. The molecule has 0 amide bonds. The molecule has 7 nitrogen and oxygen atoms in total. The predicted octanol–water partition coefficient (Wildman–Crippen LogP) is 0.979. The van der Waals surface area contributed by atoms with E-state index < -0.39 is 24.1 Å². The van der Waals surface area contributed by atoms with Crippen LogP contribution in [0.2, 0.25) is 0 Å². The van der Waals surface area contributed by atoms with Gasteiger partial charge in [0.1, 0.15) is 5.78 Å². The highest BCUT2D eigenvalue weighted by Gasteiger charge is 2.40. The van der Waals surface area contributed by atoms with Gasteiger partial charge in [-0.25, -0.2) is 0 Å². The van der Waals surface area contributed by atoms with E-state index in [9.17, 15) is 24.6 Å². The predicted molar refractivity (Wildman–Crippen MR) is 80.7 cm³/mol. The molecule has 4 atom stereocenters. The molecule has 1 saturated carbocycles. The molecule has 7 heteroatoms. The maximum atomic E-state index is 11.6. The van der Waals surface area contributed by atoms with Crippen LogP contribution in [0, 0.1) is 11.8 Å². The lowest BCUT2D eigenvalue weighted by atomic mass is 9.86. The fourth-order valence-electron chi connectivity index (χ4n) is 3.04. The molecule has 0 saturated heterocycles. The average molecular weight is 328 g/mol. The Bertz CT molecular complexity index is 457. The van der Waals surface area contributed by atoms with Gasteiger partial charge in [0, 0.05) is 12.8 Å². The van der Waals surface area contributed by atoms with Gasteiger partial charge < -0.3 is 20.4 Å². The molecule has 0 aromatic rings. The van der Waals surface area contributed by atoms with E-state index in [2.05, 4.69) is 0 Å². The minimum absolute atomic E-state index is 0.0239. The molecule has 0 heterocycles. The Kier molecular flexibility index (Phi) is 7.91. The molecule has 0 radical (unpaired) electrons. The van der Waals surface area contributed by atoms with Crippen LogP contribution in [-0.2, 0) is 14.4 Å². The van der Waals surface area contributed by atoms with Crippen LogP contribution in [0.3, 0.4) is 0 Å². The van der Waals surface area contributed by atoms with Crippen molar-refractivity contribution in [2.45, 2.75) is 57.2 Å². The smallest absolute Gasteiger partial charge is 0.307 e. The molecule has 130 valence electrons. The van der Waals surface area contributed by atoms with Crippen LogP contribution in [0.5, 0.6) is 0 Å². The lowest BCUT2D eigenvalue weighted by Gasteiger charge is -2.22. The first-order valence-corrected chi connectivity index (χ1v) is 7.77. The average Bonchev–Trinajstić information content (AvgIpc) is 2.72. The zero-order valence-electron chi connectivity index (χ0n) is 12.9. The molecule has 0 aliphatic heterocycles. The lowest BCUT2D eigenvalue weighted by Crippen LogP contribution is -2.22. The molecule has 23 heavy (non-hydrogen) atoms. The second-order valence-electron chi connectivity index (χ2n) is 5.97. The topological polar surface area (TPSA) is 132 Å². The highest BCUT2D eigenvalue weighted by atomic mass is 16.4. The Morgan fingerprint density at radius 3 is 2.13 bits per heavy atom. The van der Waals surface area contributed by atoms with Gasteiger partial charge >= 0.3 is 11.9 Å². The Morgan fingerprint density at radius 1 is 0.870 bits per heavy atom. The van der Waals surface area contributed by atoms with Gasteiger partial charge in [0.15, 0.2) is 0 Å². The minimum Gasteiger partial charge on any atom is -0.481 e. The number of aliphatic hydroxyl groups excluding tert-OH is 2. The summed E-state index contributed by atoms with van der Waals surface area (Å²) < 4.78 is 0. The Balaban J connectivity index is 2.49. The third-order valence-electron chi connectivity index (χ3n) is 4.26. The van der Waals surface area contributed by atoms with E-state index in [1.54, 1.807) is 6.08 Å². The number of carbonyl (C=O) groups excluding carboxylic acids is 1. The summed E-state index contributed by atoms with van der Waals surface area (Å²) in [6, 6.07) is 0. The molecule has 4 N–H and O–H groups in total. The summed E-state index contributed by atoms with van der Waals surface area (Å²) in [6.07, 6.45) is 2.75. The third kappa shape index (κ3) is 6.92. The largest absolute Gasteiger partial charge is 0.481 e. The van der Waals surface area contributed by atoms with E-state index in [4.69, 9.17) is 10.2 Å². The SMILES string of the molecule is O=C(O)C/C=C/C[C@@H]1[C@@H](CCC(=O)CCC(=O)O)[C@@H](O)C[C@@H]1O. The lowest BCUT2D eigenvalue weighted by molar-refractivity contribution is -0.138. The number of ketones is 1. The number of carbonyl (C=O) groups is 3. The molecule has 0 aromatic carbocycles. The molecular weight excluding hydrogens is 304 g/mol. The van der Waals surface area contributed by atoms with Gasteiger partial charge in [-0.15, -0.1) is 0 Å². The fourth-order valence-corrected chi connectivity index (χ4v) is 3.04. The van der Waals surface area contributed by atoms with E-state index in [1.165, 1.54) is 6.08 Å². The summed E-state index contributed by atoms with van der Waals surface area (Å²) in [5, 5.41) is 37.1. The zero-order valence-corrected chi connectivity index (χ0v) is 12.9. The molecule has 1 fully saturated rings. The summed E-state index contributed by atoms with van der Waals surface area (Å²) in [7, 11) is 0. The first-order chi connectivity index (χ1) is 10.8. The maximum absolute atomic E-state index is 11.6. The highest BCUT2D eigenvalue weighted by Crippen LogP contribution is 2.38. The van der Waals surface area contributed by atoms with Gasteiger partial charge in [0.2, 0.25) is 0 Å². The number of aliphatic carboxylic acids is 2. The van der Waals surface area contributed by atoms with E-state index in [-0.39, 0.29) is 49.7 Å². The first kappa shape index (κ1) is 19.3. The van der Waals surface area contributed by atoms with Crippen LogP contribution in [0.4, 0.5) is 0 Å². The zero-order chi connectivity index (χ0) is 17.4. The van der Waals surface area contributed by atoms with E-state index in [0.29, 0.717) is 12.8 Å². The van der Waals surface area contributed by atoms with Crippen molar-refractivity contribution in [3.8, 4) is 0 Å². The van der Waals surface area contributed by atoms with Gasteiger partial charge in [0.05, 0.1) is 25.0 Å². The fraction of sp³-hybridized carbons (Fsp3) is 0.688. The van der Waals surface area contributed by atoms with E-state index in [0.717, 1.165) is 0 Å². The third-order valence-corrected chi connectivity index (χ3v) is 4.26. The second-order valence-corrected chi connectivity index (χ2v) is 5.97. The van der Waals surface area contributed by atoms with Crippen molar-refractivity contribution in [3.05, 3.63) is 12.2 Å². The molecule has 0 bridgehead atoms. The number of Topliss-reactive ketones (excluding diaryl/α,β-unsaturated/α-hetero) is 1. The number of hydrogen-bond acceptors (Lipinski definition) is 5. The van der Waals surface area contributed by atoms with Crippen molar-refractivity contribution in [2.24, 2.45) is 11.8 Å². The number of aliphatic hydroxyl groups is 2. The van der Waals surface area contributed by atoms with Crippen LogP contribution in [0.25, 0.3) is 0 Å². The standard InChI is InChI=1S/C16H24O7/c17-10(6-8-16(22)23)5-7-12-11(13(18)9-14(12)19)3-1-2-4-15(20)21/h1-2,11-14,18-19H,3-9H2,(H,20,21)(H,22,23)/b2-1+/t11-,12-,13+,14+/m1/s1. The summed E-state index contributed by atoms with van der Waals surface area (Å²) >= 11 is 0. The summed E-state index contributed by atoms with van der Waals surface area (Å²) in [5.74, 6) is -2.58. The summed E-state index contributed by atoms with van der Waals surface area (Å²) in [6.45, 7) is 0. The number of hydrogen-bond donors (Lipinski definition) is 4. The Morgan fingerprint density at radius 2 is 1.52 bits per heavy atom. The Labute approximate surface area is 134 Å². The normalized spacial score (nSPS) is 27.4. The number of rotatable bonds is 10. The second kappa shape index (κ2) is 9.42. The minimum atomic E-state index is -1.02. The van der Waals surface area contributed by atoms with Gasteiger partial charge in [0.25, 0.3) is 0 Å². The van der Waals surface area contributed by atoms with Crippen molar-refractivity contribution in [3.63, 3.8) is 0 Å². The van der Waals surface area contributed by atoms with E-state index >= 15 is 0 Å². The van der Waals surface area contributed by atoms with Crippen LogP contribution >= 0.6 is 0 Å². The molecule has 1 aliphatic rings. The van der Waals surface area contributed by atoms with Crippen molar-refractivity contribution < 1.29 is 34.8 Å². The number of allylic oxidation sites excluding steroid dienone is 1. The van der Waals surface area contributed by atoms with Crippen molar-refractivity contribution in [2.75, 3.05) is 0 Å². The summed E-state index contributed by atoms with van der Waals surface area (Å²) in [5.41, 5.74) is 0. The van der Waals surface area contributed by atoms with Gasteiger partial charge in [-0.2, -0.15) is 0 Å². The first-order valence-electron chi connectivity index (χ1n) is 7.77. The Hall–Kier alpha value is -1.73. The molecular formula is C16H24O7. The molecule has 1 rings (SSSR count).